The summed E-state index contributed by atoms with van der Waals surface area (Å²) in [6.07, 6.45) is 0.594. The average Bonchev–Trinajstić information content (AvgIpc) is 2.41. The maximum Gasteiger partial charge on any atom is 0.257 e. The Hall–Kier alpha value is -1.28. The first kappa shape index (κ1) is 16.8. The van der Waals surface area contributed by atoms with Gasteiger partial charge in [-0.2, -0.15) is 11.8 Å². The van der Waals surface area contributed by atoms with Crippen LogP contribution in [0.2, 0.25) is 0 Å². The van der Waals surface area contributed by atoms with Crippen molar-refractivity contribution in [3.63, 3.8) is 0 Å². The van der Waals surface area contributed by atoms with Gasteiger partial charge in [0.1, 0.15) is 5.56 Å². The number of thioether (sulfide) groups is 1. The standard InChI is InChI=1S/C12H13F4NO2S/c13-7-6-8(14)11(16)9(10(7)15)12(19)17-2-5-20-4-1-3-18/h6,18H,1-5H2,(H,17,19). The van der Waals surface area contributed by atoms with Gasteiger partial charge in [0.15, 0.2) is 23.3 Å². The minimum absolute atomic E-state index is 0.0478. The molecule has 0 atom stereocenters. The van der Waals surface area contributed by atoms with Gasteiger partial charge in [0.2, 0.25) is 0 Å². The molecule has 0 saturated carbocycles. The van der Waals surface area contributed by atoms with E-state index in [2.05, 4.69) is 5.32 Å². The molecular formula is C12H13F4NO2S. The largest absolute Gasteiger partial charge is 0.396 e. The molecule has 8 heteroatoms. The van der Waals surface area contributed by atoms with Gasteiger partial charge in [-0.1, -0.05) is 0 Å². The molecule has 0 saturated heterocycles. The van der Waals surface area contributed by atoms with Crippen LogP contribution in [0.25, 0.3) is 0 Å². The maximum atomic E-state index is 13.3. The summed E-state index contributed by atoms with van der Waals surface area (Å²) in [5, 5.41) is 10.7. The molecule has 0 bridgehead atoms. The number of halogens is 4. The molecule has 1 rings (SSSR count). The topological polar surface area (TPSA) is 49.3 Å². The van der Waals surface area contributed by atoms with E-state index in [-0.39, 0.29) is 19.2 Å². The van der Waals surface area contributed by atoms with Crippen LogP contribution in [0.3, 0.4) is 0 Å². The smallest absolute Gasteiger partial charge is 0.257 e. The van der Waals surface area contributed by atoms with E-state index in [0.29, 0.717) is 17.9 Å². The summed E-state index contributed by atoms with van der Waals surface area (Å²) < 4.78 is 52.4. The highest BCUT2D eigenvalue weighted by molar-refractivity contribution is 7.99. The molecule has 0 aromatic heterocycles. The van der Waals surface area contributed by atoms with Crippen molar-refractivity contribution < 1.29 is 27.5 Å². The van der Waals surface area contributed by atoms with Crippen molar-refractivity contribution in [1.82, 2.24) is 5.32 Å². The number of hydrogen-bond donors (Lipinski definition) is 2. The average molecular weight is 311 g/mol. The van der Waals surface area contributed by atoms with Crippen LogP contribution in [-0.2, 0) is 0 Å². The first-order chi connectivity index (χ1) is 9.49. The molecule has 0 aliphatic heterocycles. The second-order valence-corrected chi connectivity index (χ2v) is 5.01. The second-order valence-electron chi connectivity index (χ2n) is 3.79. The van der Waals surface area contributed by atoms with Crippen LogP contribution in [0.5, 0.6) is 0 Å². The highest BCUT2D eigenvalue weighted by atomic mass is 32.2. The number of rotatable bonds is 7. The van der Waals surface area contributed by atoms with Crippen molar-refractivity contribution in [1.29, 1.82) is 0 Å². The summed E-state index contributed by atoms with van der Waals surface area (Å²) in [5.74, 6) is -6.75. The molecule has 2 N–H and O–H groups in total. The van der Waals surface area contributed by atoms with E-state index in [1.54, 1.807) is 0 Å². The van der Waals surface area contributed by atoms with Crippen LogP contribution in [0.15, 0.2) is 6.07 Å². The van der Waals surface area contributed by atoms with Crippen molar-refractivity contribution >= 4 is 17.7 Å². The van der Waals surface area contributed by atoms with E-state index in [1.807, 2.05) is 0 Å². The lowest BCUT2D eigenvalue weighted by atomic mass is 10.1. The molecular weight excluding hydrogens is 298 g/mol. The van der Waals surface area contributed by atoms with E-state index in [1.165, 1.54) is 11.8 Å². The van der Waals surface area contributed by atoms with Crippen LogP contribution >= 0.6 is 11.8 Å². The Bertz CT molecular complexity index is 459. The van der Waals surface area contributed by atoms with Gasteiger partial charge in [-0.05, 0) is 12.2 Å². The van der Waals surface area contributed by atoms with Gasteiger partial charge in [-0.3, -0.25) is 4.79 Å². The summed E-state index contributed by atoms with van der Waals surface area (Å²) in [7, 11) is 0. The fourth-order valence-corrected chi connectivity index (χ4v) is 2.15. The van der Waals surface area contributed by atoms with E-state index < -0.39 is 34.7 Å². The van der Waals surface area contributed by atoms with Gasteiger partial charge in [-0.25, -0.2) is 17.6 Å². The summed E-state index contributed by atoms with van der Waals surface area (Å²) in [5.41, 5.74) is -1.26. The number of benzene rings is 1. The molecule has 0 fully saturated rings. The Morgan fingerprint density at radius 1 is 1.15 bits per heavy atom. The van der Waals surface area contributed by atoms with E-state index in [0.717, 1.165) is 0 Å². The minimum Gasteiger partial charge on any atom is -0.396 e. The third-order valence-corrected chi connectivity index (χ3v) is 3.39. The van der Waals surface area contributed by atoms with Crippen molar-refractivity contribution in [3.05, 3.63) is 34.9 Å². The summed E-state index contributed by atoms with van der Waals surface area (Å²) in [6, 6.07) is 0.0478. The molecule has 20 heavy (non-hydrogen) atoms. The molecule has 3 nitrogen and oxygen atoms in total. The molecule has 0 unspecified atom stereocenters. The lowest BCUT2D eigenvalue weighted by Crippen LogP contribution is -2.28. The predicted octanol–water partition coefficient (Wildman–Crippen LogP) is 2.09. The number of hydrogen-bond acceptors (Lipinski definition) is 3. The number of carbonyl (C=O) groups is 1. The monoisotopic (exact) mass is 311 g/mol. The van der Waals surface area contributed by atoms with Gasteiger partial charge >= 0.3 is 0 Å². The second kappa shape index (κ2) is 8.11. The summed E-state index contributed by atoms with van der Waals surface area (Å²) in [6.45, 7) is 0.143. The zero-order chi connectivity index (χ0) is 15.1. The summed E-state index contributed by atoms with van der Waals surface area (Å²) in [4.78, 5) is 11.5. The van der Waals surface area contributed by atoms with Crippen molar-refractivity contribution in [2.24, 2.45) is 0 Å². The fourth-order valence-electron chi connectivity index (χ4n) is 1.37. The molecule has 112 valence electrons. The lowest BCUT2D eigenvalue weighted by molar-refractivity contribution is 0.0945. The van der Waals surface area contributed by atoms with Gasteiger partial charge < -0.3 is 10.4 Å². The van der Waals surface area contributed by atoms with Crippen molar-refractivity contribution in [2.75, 3.05) is 24.7 Å². The highest BCUT2D eigenvalue weighted by Gasteiger charge is 2.24. The first-order valence-electron chi connectivity index (χ1n) is 5.78. The quantitative estimate of drug-likeness (QED) is 0.460. The van der Waals surface area contributed by atoms with E-state index in [4.69, 9.17) is 5.11 Å². The van der Waals surface area contributed by atoms with Gasteiger partial charge in [0, 0.05) is 25.0 Å². The Balaban J connectivity index is 2.60. The molecule has 0 heterocycles. The number of amides is 1. The minimum atomic E-state index is -1.71. The molecule has 1 amide bonds. The van der Waals surface area contributed by atoms with Gasteiger partial charge in [0.05, 0.1) is 0 Å². The van der Waals surface area contributed by atoms with Crippen molar-refractivity contribution in [2.45, 2.75) is 6.42 Å². The zero-order valence-electron chi connectivity index (χ0n) is 10.4. The zero-order valence-corrected chi connectivity index (χ0v) is 11.2. The van der Waals surface area contributed by atoms with Crippen LogP contribution < -0.4 is 5.32 Å². The molecule has 0 aliphatic carbocycles. The first-order valence-corrected chi connectivity index (χ1v) is 6.94. The fraction of sp³-hybridized carbons (Fsp3) is 0.417. The van der Waals surface area contributed by atoms with E-state index in [9.17, 15) is 22.4 Å². The van der Waals surface area contributed by atoms with Crippen LogP contribution in [0.4, 0.5) is 17.6 Å². The predicted molar refractivity (Wildman–Crippen MR) is 67.6 cm³/mol. The molecule has 0 spiro atoms. The number of nitrogens with one attached hydrogen (secondary N) is 1. The van der Waals surface area contributed by atoms with E-state index >= 15 is 0 Å². The lowest BCUT2D eigenvalue weighted by Gasteiger charge is -2.08. The molecule has 0 aliphatic rings. The van der Waals surface area contributed by atoms with Crippen LogP contribution in [0.1, 0.15) is 16.8 Å². The number of carbonyl (C=O) groups excluding carboxylic acids is 1. The number of aliphatic hydroxyl groups excluding tert-OH is 1. The third-order valence-electron chi connectivity index (χ3n) is 2.32. The SMILES string of the molecule is O=C(NCCSCCCO)c1c(F)c(F)cc(F)c1F. The maximum absolute atomic E-state index is 13.3. The molecule has 0 radical (unpaired) electrons. The molecule has 1 aromatic carbocycles. The Kier molecular flexibility index (Phi) is 6.80. The number of aliphatic hydroxyl groups is 1. The normalized spacial score (nSPS) is 10.7. The van der Waals surface area contributed by atoms with Crippen LogP contribution in [-0.4, -0.2) is 35.7 Å². The van der Waals surface area contributed by atoms with Crippen molar-refractivity contribution in [3.8, 4) is 0 Å². The van der Waals surface area contributed by atoms with Crippen LogP contribution in [0, 0.1) is 23.3 Å². The Labute approximate surface area is 117 Å². The Morgan fingerprint density at radius 3 is 2.30 bits per heavy atom. The molecule has 1 aromatic rings. The highest BCUT2D eigenvalue weighted by Crippen LogP contribution is 2.19. The van der Waals surface area contributed by atoms with Gasteiger partial charge in [0.25, 0.3) is 5.91 Å². The Morgan fingerprint density at radius 2 is 1.75 bits per heavy atom. The summed E-state index contributed by atoms with van der Waals surface area (Å²) >= 11 is 1.42. The van der Waals surface area contributed by atoms with Gasteiger partial charge in [-0.15, -0.1) is 0 Å². The third kappa shape index (κ3) is 4.38.